The summed E-state index contributed by atoms with van der Waals surface area (Å²) in [6, 6.07) is 0. The number of hydrogen-bond acceptors (Lipinski definition) is 2. The maximum Gasteiger partial charge on any atom is 0.310 e. The van der Waals surface area contributed by atoms with Gasteiger partial charge in [-0.1, -0.05) is 60.1 Å². The normalized spacial score (nSPS) is 53.1. The van der Waals surface area contributed by atoms with Gasteiger partial charge in [-0.15, -0.1) is 0 Å². The zero-order chi connectivity index (χ0) is 24.2. The predicted molar refractivity (Wildman–Crippen MR) is 132 cm³/mol. The molecule has 1 N–H and O–H groups in total. The van der Waals surface area contributed by atoms with Crippen molar-refractivity contribution in [3.05, 3.63) is 11.6 Å². The molecule has 0 aromatic heterocycles. The minimum atomic E-state index is -0.569. The van der Waals surface area contributed by atoms with Crippen molar-refractivity contribution in [3.8, 4) is 0 Å². The summed E-state index contributed by atoms with van der Waals surface area (Å²) in [5, 5.41) is 10.5. The maximum atomic E-state index is 12.9. The van der Waals surface area contributed by atoms with Gasteiger partial charge in [0.2, 0.25) is 0 Å². The highest BCUT2D eigenvalue weighted by atomic mass is 16.4. The van der Waals surface area contributed by atoms with Gasteiger partial charge >= 0.3 is 5.97 Å². The third-order valence-corrected chi connectivity index (χ3v) is 13.2. The molecule has 3 nitrogen and oxygen atoms in total. The van der Waals surface area contributed by atoms with Crippen LogP contribution in [0.25, 0.3) is 0 Å². The fourth-order valence-electron chi connectivity index (χ4n) is 10.7. The molecule has 0 spiro atoms. The standard InChI is InChI=1S/C30H46O3/c1-18-10-15-30(25(32)33)17-16-28(6)20(24(30)19(18)2)8-9-22-27(5)13-12-23(31)26(3,4)21(27)11-14-29(22,28)7/h8,18-19,21-22,24H,9-17H2,1-7H3,(H,32,33)/t18-,19+,21-,22+,24-,27-,28+,29-,30+/m1/s1. The van der Waals surface area contributed by atoms with Crippen LogP contribution in [0.1, 0.15) is 106 Å². The molecule has 4 saturated carbocycles. The molecule has 0 radical (unpaired) electrons. The molecule has 0 aromatic rings. The number of ketones is 1. The summed E-state index contributed by atoms with van der Waals surface area (Å²) in [6.07, 6.45) is 11.3. The number of rotatable bonds is 1. The third kappa shape index (κ3) is 2.69. The smallest absolute Gasteiger partial charge is 0.310 e. The zero-order valence-electron chi connectivity index (χ0n) is 22.1. The number of hydrogen-bond donors (Lipinski definition) is 1. The quantitative estimate of drug-likeness (QED) is 0.423. The van der Waals surface area contributed by atoms with Gasteiger partial charge in [-0.3, -0.25) is 9.59 Å². The zero-order valence-corrected chi connectivity index (χ0v) is 22.1. The predicted octanol–water partition coefficient (Wildman–Crippen LogP) is 7.30. The minimum absolute atomic E-state index is 0.0600. The number of Topliss-reactive ketones (excluding diaryl/α,β-unsaturated/α-hetero) is 1. The molecule has 3 heteroatoms. The average molecular weight is 455 g/mol. The monoisotopic (exact) mass is 454 g/mol. The van der Waals surface area contributed by atoms with E-state index in [1.54, 1.807) is 0 Å². The molecule has 0 unspecified atom stereocenters. The van der Waals surface area contributed by atoms with Gasteiger partial charge in [0.1, 0.15) is 5.78 Å². The number of carbonyl (C=O) groups is 2. The van der Waals surface area contributed by atoms with Crippen molar-refractivity contribution >= 4 is 11.8 Å². The molecule has 0 amide bonds. The molecular formula is C30H46O3. The largest absolute Gasteiger partial charge is 0.481 e. The van der Waals surface area contributed by atoms with Gasteiger partial charge in [0.25, 0.3) is 0 Å². The van der Waals surface area contributed by atoms with E-state index in [0.29, 0.717) is 29.5 Å². The Morgan fingerprint density at radius 1 is 0.939 bits per heavy atom. The van der Waals surface area contributed by atoms with E-state index in [2.05, 4.69) is 54.5 Å². The first kappa shape index (κ1) is 23.6. The van der Waals surface area contributed by atoms with E-state index < -0.39 is 11.4 Å². The number of aliphatic carboxylic acids is 1. The van der Waals surface area contributed by atoms with Gasteiger partial charge in [-0.05, 0) is 97.2 Å². The summed E-state index contributed by atoms with van der Waals surface area (Å²) in [4.78, 5) is 25.7. The lowest BCUT2D eigenvalue weighted by molar-refractivity contribution is -0.190. The molecule has 9 atom stereocenters. The van der Waals surface area contributed by atoms with E-state index in [0.717, 1.165) is 51.4 Å². The first-order chi connectivity index (χ1) is 15.3. The first-order valence-corrected chi connectivity index (χ1v) is 13.7. The Labute approximate surface area is 201 Å². The van der Waals surface area contributed by atoms with Crippen molar-refractivity contribution in [2.45, 2.75) is 106 Å². The summed E-state index contributed by atoms with van der Waals surface area (Å²) >= 11 is 0. The lowest BCUT2D eigenvalue weighted by Gasteiger charge is -2.70. The van der Waals surface area contributed by atoms with E-state index in [9.17, 15) is 14.7 Å². The van der Waals surface area contributed by atoms with Gasteiger partial charge in [-0.2, -0.15) is 0 Å². The molecule has 5 rings (SSSR count). The average Bonchev–Trinajstić information content (AvgIpc) is 2.74. The fourth-order valence-corrected chi connectivity index (χ4v) is 10.7. The van der Waals surface area contributed by atoms with Gasteiger partial charge in [0, 0.05) is 11.8 Å². The van der Waals surface area contributed by atoms with Crippen LogP contribution in [0, 0.1) is 56.7 Å². The van der Waals surface area contributed by atoms with Crippen molar-refractivity contribution in [3.63, 3.8) is 0 Å². The highest BCUT2D eigenvalue weighted by Gasteiger charge is 2.69. The number of carbonyl (C=O) groups excluding carboxylic acids is 1. The highest BCUT2D eigenvalue weighted by molar-refractivity contribution is 5.85. The lowest BCUT2D eigenvalue weighted by Crippen LogP contribution is -2.65. The van der Waals surface area contributed by atoms with E-state index in [1.807, 2.05) is 0 Å². The molecule has 4 fully saturated rings. The maximum absolute atomic E-state index is 12.9. The molecule has 0 heterocycles. The van der Waals surface area contributed by atoms with Crippen LogP contribution in [0.4, 0.5) is 0 Å². The van der Waals surface area contributed by atoms with Crippen LogP contribution in [0.15, 0.2) is 11.6 Å². The Morgan fingerprint density at radius 2 is 1.64 bits per heavy atom. The summed E-state index contributed by atoms with van der Waals surface area (Å²) in [6.45, 7) is 16.7. The molecule has 33 heavy (non-hydrogen) atoms. The molecule has 184 valence electrons. The Balaban J connectivity index is 1.62. The van der Waals surface area contributed by atoms with E-state index >= 15 is 0 Å². The van der Waals surface area contributed by atoms with E-state index in [1.165, 1.54) is 12.0 Å². The van der Waals surface area contributed by atoms with Crippen LogP contribution in [0.2, 0.25) is 0 Å². The van der Waals surface area contributed by atoms with Crippen molar-refractivity contribution in [2.75, 3.05) is 0 Å². The van der Waals surface area contributed by atoms with E-state index in [-0.39, 0.29) is 27.6 Å². The first-order valence-electron chi connectivity index (χ1n) is 13.7. The van der Waals surface area contributed by atoms with Crippen molar-refractivity contribution in [1.29, 1.82) is 0 Å². The van der Waals surface area contributed by atoms with Crippen LogP contribution in [-0.2, 0) is 9.59 Å². The summed E-state index contributed by atoms with van der Waals surface area (Å²) in [5.74, 6) is 2.10. The molecule has 0 bridgehead atoms. The van der Waals surface area contributed by atoms with Gasteiger partial charge in [0.15, 0.2) is 0 Å². The molecular weight excluding hydrogens is 408 g/mol. The van der Waals surface area contributed by atoms with Crippen LogP contribution in [0.5, 0.6) is 0 Å². The molecule has 5 aliphatic carbocycles. The molecule has 0 aromatic carbocycles. The fraction of sp³-hybridized carbons (Fsp3) is 0.867. The Bertz CT molecular complexity index is 916. The second kappa shape index (κ2) is 6.97. The lowest BCUT2D eigenvalue weighted by atomic mass is 9.33. The second-order valence-corrected chi connectivity index (χ2v) is 14.3. The van der Waals surface area contributed by atoms with Gasteiger partial charge < -0.3 is 5.11 Å². The van der Waals surface area contributed by atoms with Crippen molar-refractivity contribution in [1.82, 2.24) is 0 Å². The van der Waals surface area contributed by atoms with Crippen LogP contribution in [-0.4, -0.2) is 16.9 Å². The van der Waals surface area contributed by atoms with Gasteiger partial charge in [-0.25, -0.2) is 0 Å². The Kier molecular flexibility index (Phi) is 4.99. The van der Waals surface area contributed by atoms with Crippen molar-refractivity contribution < 1.29 is 14.7 Å². The van der Waals surface area contributed by atoms with Crippen LogP contribution >= 0.6 is 0 Å². The van der Waals surface area contributed by atoms with E-state index in [4.69, 9.17) is 0 Å². The number of carboxylic acids is 1. The summed E-state index contributed by atoms with van der Waals surface area (Å²) in [7, 11) is 0. The Morgan fingerprint density at radius 3 is 2.30 bits per heavy atom. The highest BCUT2D eigenvalue weighted by Crippen LogP contribution is 2.75. The summed E-state index contributed by atoms with van der Waals surface area (Å²) < 4.78 is 0. The van der Waals surface area contributed by atoms with Crippen molar-refractivity contribution in [2.24, 2.45) is 56.7 Å². The minimum Gasteiger partial charge on any atom is -0.481 e. The van der Waals surface area contributed by atoms with Crippen LogP contribution < -0.4 is 0 Å². The van der Waals surface area contributed by atoms with Gasteiger partial charge in [0.05, 0.1) is 5.41 Å². The molecule has 0 saturated heterocycles. The summed E-state index contributed by atoms with van der Waals surface area (Å²) in [5.41, 5.74) is 1.12. The number of carboxylic acid groups (broad SMARTS) is 1. The second-order valence-electron chi connectivity index (χ2n) is 14.3. The Hall–Kier alpha value is -1.12. The third-order valence-electron chi connectivity index (χ3n) is 13.2. The SMILES string of the molecule is C[C@H]1[C@H](C)CC[C@]2(C(=O)O)CC[C@@]3(C)C(=CC[C@H]4[C@]5(C)CCC(=O)C(C)(C)[C@H]5CC[C@]43C)[C@@H]12. The number of allylic oxidation sites excluding steroid dienone is 2. The number of fused-ring (bicyclic) bond motifs is 7. The molecule has 5 aliphatic rings. The van der Waals surface area contributed by atoms with Crippen LogP contribution in [0.3, 0.4) is 0 Å². The topological polar surface area (TPSA) is 54.4 Å². The molecule has 0 aliphatic heterocycles.